The number of nitro benzene ring substituents is 1. The lowest BCUT2D eigenvalue weighted by Crippen LogP contribution is -1.96. The normalized spacial score (nSPS) is 10.4. The van der Waals surface area contributed by atoms with Crippen molar-refractivity contribution in [1.82, 2.24) is 0 Å². The third-order valence-corrected chi connectivity index (χ3v) is 3.75. The Kier molecular flexibility index (Phi) is 4.53. The first-order valence-electron chi connectivity index (χ1n) is 5.15. The Balaban J connectivity index is 2.44. The number of ether oxygens (including phenoxy) is 1. The molecule has 20 heavy (non-hydrogen) atoms. The van der Waals surface area contributed by atoms with Gasteiger partial charge in [0.25, 0.3) is 0 Å². The van der Waals surface area contributed by atoms with E-state index in [-0.39, 0.29) is 25.2 Å². The van der Waals surface area contributed by atoms with Gasteiger partial charge >= 0.3 is 5.69 Å². The summed E-state index contributed by atoms with van der Waals surface area (Å²) in [5, 5.41) is 10.9. The van der Waals surface area contributed by atoms with E-state index in [2.05, 4.69) is 15.9 Å². The molecule has 0 unspecified atom stereocenters. The van der Waals surface area contributed by atoms with Gasteiger partial charge in [-0.25, -0.2) is 8.78 Å². The second-order valence-corrected chi connectivity index (χ2v) is 5.69. The quantitative estimate of drug-likeness (QED) is 0.370. The largest absolute Gasteiger partial charge is 0.450 e. The summed E-state index contributed by atoms with van der Waals surface area (Å²) in [5.41, 5.74) is -0.365. The molecule has 0 aromatic heterocycles. The van der Waals surface area contributed by atoms with Crippen LogP contribution in [0.5, 0.6) is 11.5 Å². The highest BCUT2D eigenvalue weighted by Gasteiger charge is 2.19. The van der Waals surface area contributed by atoms with E-state index in [0.717, 1.165) is 18.2 Å². The Morgan fingerprint density at radius 3 is 2.50 bits per heavy atom. The van der Waals surface area contributed by atoms with Crippen LogP contribution in [-0.2, 0) is 0 Å². The van der Waals surface area contributed by atoms with E-state index in [1.54, 1.807) is 22.6 Å². The standard InChI is InChI=1S/C12H5BrF2INO3/c13-7-3-6(1-2-8(7)14)20-12-4-9(15)10(16)5-11(12)17(18)19/h1-5H. The lowest BCUT2D eigenvalue weighted by Gasteiger charge is -2.08. The Bertz CT molecular complexity index is 697. The Morgan fingerprint density at radius 2 is 1.90 bits per heavy atom. The van der Waals surface area contributed by atoms with E-state index in [1.165, 1.54) is 12.1 Å². The molecule has 0 amide bonds. The van der Waals surface area contributed by atoms with Crippen LogP contribution in [0, 0.1) is 25.3 Å². The number of hydrogen-bond donors (Lipinski definition) is 0. The summed E-state index contributed by atoms with van der Waals surface area (Å²) >= 11 is 4.62. The van der Waals surface area contributed by atoms with Gasteiger partial charge in [-0.2, -0.15) is 0 Å². The zero-order valence-corrected chi connectivity index (χ0v) is 13.3. The van der Waals surface area contributed by atoms with Gasteiger partial charge in [0.05, 0.1) is 13.0 Å². The number of nitro groups is 1. The molecule has 0 fully saturated rings. The summed E-state index contributed by atoms with van der Waals surface area (Å²) in [6.45, 7) is 0. The maximum atomic E-state index is 13.5. The summed E-state index contributed by atoms with van der Waals surface area (Å²) in [6, 6.07) is 5.73. The molecule has 0 aliphatic carbocycles. The van der Waals surface area contributed by atoms with Gasteiger partial charge in [-0.1, -0.05) is 0 Å². The van der Waals surface area contributed by atoms with Crippen molar-refractivity contribution in [2.45, 2.75) is 0 Å². The monoisotopic (exact) mass is 455 g/mol. The summed E-state index contributed by atoms with van der Waals surface area (Å²) in [5.74, 6) is -1.22. The third kappa shape index (κ3) is 3.23. The number of rotatable bonds is 3. The molecule has 0 saturated heterocycles. The van der Waals surface area contributed by atoms with Crippen molar-refractivity contribution >= 4 is 44.2 Å². The van der Waals surface area contributed by atoms with Gasteiger partial charge in [0.15, 0.2) is 0 Å². The minimum absolute atomic E-state index is 0.113. The second-order valence-electron chi connectivity index (χ2n) is 3.67. The summed E-state index contributed by atoms with van der Waals surface area (Å²) in [4.78, 5) is 10.3. The van der Waals surface area contributed by atoms with Crippen LogP contribution in [0.1, 0.15) is 0 Å². The van der Waals surface area contributed by atoms with Gasteiger partial charge in [-0.05, 0) is 56.7 Å². The van der Waals surface area contributed by atoms with Gasteiger partial charge in [0.1, 0.15) is 17.4 Å². The van der Waals surface area contributed by atoms with Crippen LogP contribution >= 0.6 is 38.5 Å². The van der Waals surface area contributed by atoms with E-state index in [4.69, 9.17) is 4.74 Å². The molecule has 104 valence electrons. The third-order valence-electron chi connectivity index (χ3n) is 2.32. The Labute approximate surface area is 134 Å². The molecule has 2 aromatic rings. The number of halogens is 4. The van der Waals surface area contributed by atoms with Crippen molar-refractivity contribution in [3.63, 3.8) is 0 Å². The fraction of sp³-hybridized carbons (Fsp3) is 0. The van der Waals surface area contributed by atoms with Gasteiger partial charge < -0.3 is 4.74 Å². The molecule has 0 spiro atoms. The summed E-state index contributed by atoms with van der Waals surface area (Å²) < 4.78 is 32.1. The molecule has 2 rings (SSSR count). The summed E-state index contributed by atoms with van der Waals surface area (Å²) in [6.07, 6.45) is 0. The van der Waals surface area contributed by atoms with E-state index < -0.39 is 16.6 Å². The maximum absolute atomic E-state index is 13.5. The number of benzene rings is 2. The first-order valence-corrected chi connectivity index (χ1v) is 7.02. The molecule has 0 atom stereocenters. The number of nitrogens with zero attached hydrogens (tertiary/aromatic N) is 1. The van der Waals surface area contributed by atoms with E-state index >= 15 is 0 Å². The average molecular weight is 456 g/mol. The Hall–Kier alpha value is -1.29. The van der Waals surface area contributed by atoms with Crippen molar-refractivity contribution in [2.24, 2.45) is 0 Å². The van der Waals surface area contributed by atoms with E-state index in [0.29, 0.717) is 0 Å². The molecular weight excluding hydrogens is 451 g/mol. The van der Waals surface area contributed by atoms with Gasteiger partial charge in [-0.3, -0.25) is 10.1 Å². The van der Waals surface area contributed by atoms with Gasteiger partial charge in [0.2, 0.25) is 5.75 Å². The SMILES string of the molecule is O=[N+]([O-])c1cc(I)c(F)cc1Oc1ccc(F)c(Br)c1. The molecule has 0 saturated carbocycles. The zero-order valence-electron chi connectivity index (χ0n) is 9.57. The predicted octanol–water partition coefficient (Wildman–Crippen LogP) is 5.03. The topological polar surface area (TPSA) is 52.4 Å². The van der Waals surface area contributed by atoms with Gasteiger partial charge in [0, 0.05) is 12.1 Å². The van der Waals surface area contributed by atoms with Crippen LogP contribution in [-0.4, -0.2) is 4.92 Å². The first-order chi connectivity index (χ1) is 9.38. The highest BCUT2D eigenvalue weighted by atomic mass is 127. The van der Waals surface area contributed by atoms with Crippen molar-refractivity contribution in [3.8, 4) is 11.5 Å². The minimum Gasteiger partial charge on any atom is -0.450 e. The number of hydrogen-bond acceptors (Lipinski definition) is 3. The molecule has 8 heteroatoms. The maximum Gasteiger partial charge on any atom is 0.312 e. The molecule has 0 N–H and O–H groups in total. The summed E-state index contributed by atoms with van der Waals surface area (Å²) in [7, 11) is 0. The van der Waals surface area contributed by atoms with Crippen molar-refractivity contribution in [3.05, 3.63) is 60.1 Å². The molecule has 0 heterocycles. The fourth-order valence-corrected chi connectivity index (χ4v) is 2.22. The molecule has 2 aromatic carbocycles. The van der Waals surface area contributed by atoms with E-state index in [9.17, 15) is 18.9 Å². The second kappa shape index (κ2) is 6.00. The van der Waals surface area contributed by atoms with Crippen LogP contribution in [0.25, 0.3) is 0 Å². The van der Waals surface area contributed by atoms with Crippen molar-refractivity contribution in [2.75, 3.05) is 0 Å². The molecule has 0 aliphatic rings. The highest BCUT2D eigenvalue weighted by Crippen LogP contribution is 2.35. The first kappa shape index (κ1) is 15.1. The Morgan fingerprint density at radius 1 is 1.20 bits per heavy atom. The minimum atomic E-state index is -0.671. The van der Waals surface area contributed by atoms with E-state index in [1.807, 2.05) is 0 Å². The fourth-order valence-electron chi connectivity index (χ4n) is 1.41. The van der Waals surface area contributed by atoms with Crippen LogP contribution in [0.4, 0.5) is 14.5 Å². The smallest absolute Gasteiger partial charge is 0.312 e. The predicted molar refractivity (Wildman–Crippen MR) is 79.9 cm³/mol. The molecule has 0 aliphatic heterocycles. The van der Waals surface area contributed by atoms with Crippen molar-refractivity contribution < 1.29 is 18.4 Å². The van der Waals surface area contributed by atoms with Crippen LogP contribution < -0.4 is 4.74 Å². The molecule has 0 radical (unpaired) electrons. The highest BCUT2D eigenvalue weighted by molar-refractivity contribution is 14.1. The molecule has 0 bridgehead atoms. The average Bonchev–Trinajstić information content (AvgIpc) is 2.37. The van der Waals surface area contributed by atoms with Crippen LogP contribution in [0.3, 0.4) is 0 Å². The zero-order chi connectivity index (χ0) is 14.9. The lowest BCUT2D eigenvalue weighted by molar-refractivity contribution is -0.385. The van der Waals surface area contributed by atoms with Crippen LogP contribution in [0.2, 0.25) is 0 Å². The van der Waals surface area contributed by atoms with Gasteiger partial charge in [-0.15, -0.1) is 0 Å². The van der Waals surface area contributed by atoms with Crippen molar-refractivity contribution in [1.29, 1.82) is 0 Å². The molecule has 4 nitrogen and oxygen atoms in total. The van der Waals surface area contributed by atoms with Crippen LogP contribution in [0.15, 0.2) is 34.8 Å². The molecular formula is C12H5BrF2INO3. The lowest BCUT2D eigenvalue weighted by atomic mass is 10.3.